The number of rotatable bonds is 7. The van der Waals surface area contributed by atoms with Gasteiger partial charge in [-0.05, 0) is 36.6 Å². The number of hydrogen-bond donors (Lipinski definition) is 0. The second-order valence-electron chi connectivity index (χ2n) is 7.63. The van der Waals surface area contributed by atoms with Gasteiger partial charge in [-0.3, -0.25) is 4.79 Å². The number of sulfone groups is 1. The summed E-state index contributed by atoms with van der Waals surface area (Å²) in [5.74, 6) is 0.737. The number of hydrogen-bond acceptors (Lipinski definition) is 7. The summed E-state index contributed by atoms with van der Waals surface area (Å²) in [4.78, 5) is 23.6. The fraction of sp³-hybridized carbons (Fsp3) is 0.318. The average Bonchev–Trinajstić information content (AvgIpc) is 3.41. The predicted octanol–water partition coefficient (Wildman–Crippen LogP) is 4.15. The van der Waals surface area contributed by atoms with E-state index in [1.807, 2.05) is 31.2 Å². The Bertz CT molecular complexity index is 1220. The maximum absolute atomic E-state index is 13.5. The third kappa shape index (κ3) is 5.33. The summed E-state index contributed by atoms with van der Waals surface area (Å²) in [6.45, 7) is 2.17. The predicted molar refractivity (Wildman–Crippen MR) is 123 cm³/mol. The molecule has 10 heteroatoms. The molecule has 1 atom stereocenters. The molecule has 3 aromatic rings. The summed E-state index contributed by atoms with van der Waals surface area (Å²) in [5.41, 5.74) is 2.38. The monoisotopic (exact) mass is 491 g/mol. The number of thioether (sulfide) groups is 1. The van der Waals surface area contributed by atoms with Crippen LogP contribution in [-0.4, -0.2) is 46.7 Å². The summed E-state index contributed by atoms with van der Waals surface area (Å²) in [5, 5.41) is 0.554. The lowest BCUT2D eigenvalue weighted by atomic mass is 10.1. The first kappa shape index (κ1) is 22.8. The minimum atomic E-state index is -3.19. The van der Waals surface area contributed by atoms with E-state index in [1.165, 1.54) is 29.1 Å². The Kier molecular flexibility index (Phi) is 6.88. The Balaban J connectivity index is 1.58. The van der Waals surface area contributed by atoms with Crippen molar-refractivity contribution in [2.75, 3.05) is 11.5 Å². The topological polar surface area (TPSA) is 93.4 Å². The lowest BCUT2D eigenvalue weighted by Gasteiger charge is -2.27. The number of benzene rings is 1. The van der Waals surface area contributed by atoms with Gasteiger partial charge in [-0.15, -0.1) is 0 Å². The number of halogens is 1. The van der Waals surface area contributed by atoms with Gasteiger partial charge in [-0.25, -0.2) is 18.4 Å². The second-order valence-corrected chi connectivity index (χ2v) is 11.2. The quantitative estimate of drug-likeness (QED) is 0.362. The molecule has 0 N–H and O–H groups in total. The number of furan rings is 1. The van der Waals surface area contributed by atoms with Crippen molar-refractivity contribution in [3.63, 3.8) is 0 Å². The van der Waals surface area contributed by atoms with Crippen LogP contribution in [0.4, 0.5) is 0 Å². The van der Waals surface area contributed by atoms with Crippen molar-refractivity contribution in [1.82, 2.24) is 14.9 Å². The van der Waals surface area contributed by atoms with Crippen LogP contribution in [0.5, 0.6) is 0 Å². The van der Waals surface area contributed by atoms with Gasteiger partial charge in [-0.1, -0.05) is 47.6 Å². The van der Waals surface area contributed by atoms with Gasteiger partial charge in [0.15, 0.2) is 20.7 Å². The van der Waals surface area contributed by atoms with Crippen molar-refractivity contribution in [1.29, 1.82) is 0 Å². The summed E-state index contributed by atoms with van der Waals surface area (Å²) in [7, 11) is -3.19. The van der Waals surface area contributed by atoms with Crippen molar-refractivity contribution >= 4 is 39.1 Å². The molecule has 3 heterocycles. The lowest BCUT2D eigenvalue weighted by molar-refractivity contribution is 0.0659. The van der Waals surface area contributed by atoms with E-state index in [1.54, 1.807) is 12.1 Å². The van der Waals surface area contributed by atoms with E-state index in [0.717, 1.165) is 11.1 Å². The highest BCUT2D eigenvalue weighted by atomic mass is 35.5. The van der Waals surface area contributed by atoms with Gasteiger partial charge >= 0.3 is 0 Å². The number of carbonyl (C=O) groups excluding carboxylic acids is 1. The maximum Gasteiger partial charge on any atom is 0.274 e. The molecule has 0 spiro atoms. The summed E-state index contributed by atoms with van der Waals surface area (Å²) in [6.07, 6.45) is 3.30. The fourth-order valence-corrected chi connectivity index (χ4v) is 6.37. The highest BCUT2D eigenvalue weighted by molar-refractivity contribution is 7.98. The molecule has 168 valence electrons. The zero-order valence-electron chi connectivity index (χ0n) is 17.4. The van der Waals surface area contributed by atoms with Crippen molar-refractivity contribution in [3.8, 4) is 0 Å². The average molecular weight is 492 g/mol. The van der Waals surface area contributed by atoms with E-state index in [2.05, 4.69) is 9.97 Å². The molecule has 1 fully saturated rings. The lowest BCUT2D eigenvalue weighted by Crippen LogP contribution is -2.41. The van der Waals surface area contributed by atoms with Gasteiger partial charge in [0.25, 0.3) is 5.91 Å². The minimum absolute atomic E-state index is 0.0502. The van der Waals surface area contributed by atoms with E-state index < -0.39 is 21.8 Å². The zero-order chi connectivity index (χ0) is 22.7. The molecule has 1 unspecified atom stereocenters. The summed E-state index contributed by atoms with van der Waals surface area (Å²) >= 11 is 7.71. The van der Waals surface area contributed by atoms with Crippen molar-refractivity contribution < 1.29 is 17.6 Å². The molecule has 4 rings (SSSR count). The SMILES string of the molecule is Cc1ccccc1CSc1ncc(Cl)c(C(=O)N(Cc2ccco2)C2CCS(=O)(=O)C2)n1. The molecule has 1 aliphatic rings. The first-order valence-corrected chi connectivity index (χ1v) is 13.2. The van der Waals surface area contributed by atoms with Crippen LogP contribution in [0.2, 0.25) is 5.02 Å². The molecule has 1 amide bonds. The number of amides is 1. The van der Waals surface area contributed by atoms with Crippen molar-refractivity contribution in [3.05, 3.63) is 76.5 Å². The molecule has 7 nitrogen and oxygen atoms in total. The van der Waals surface area contributed by atoms with Gasteiger partial charge < -0.3 is 9.32 Å². The highest BCUT2D eigenvalue weighted by Crippen LogP contribution is 2.27. The van der Waals surface area contributed by atoms with Gasteiger partial charge in [-0.2, -0.15) is 0 Å². The Morgan fingerprint density at radius 1 is 1.28 bits per heavy atom. The number of aromatic nitrogens is 2. The van der Waals surface area contributed by atoms with Crippen LogP contribution in [0.15, 0.2) is 58.4 Å². The molecule has 0 saturated carbocycles. The van der Waals surface area contributed by atoms with E-state index in [-0.39, 0.29) is 28.8 Å². The zero-order valence-corrected chi connectivity index (χ0v) is 19.8. The van der Waals surface area contributed by atoms with Crippen LogP contribution in [-0.2, 0) is 22.1 Å². The molecular weight excluding hydrogens is 470 g/mol. The van der Waals surface area contributed by atoms with Gasteiger partial charge in [0.1, 0.15) is 5.76 Å². The van der Waals surface area contributed by atoms with E-state index >= 15 is 0 Å². The van der Waals surface area contributed by atoms with E-state index in [4.69, 9.17) is 16.0 Å². The third-order valence-electron chi connectivity index (χ3n) is 5.36. The number of aryl methyl sites for hydroxylation is 1. The Hall–Kier alpha value is -2.36. The summed E-state index contributed by atoms with van der Waals surface area (Å²) < 4.78 is 29.5. The second kappa shape index (κ2) is 9.64. The largest absolute Gasteiger partial charge is 0.467 e. The van der Waals surface area contributed by atoms with Crippen molar-refractivity contribution in [2.45, 2.75) is 36.8 Å². The molecule has 1 aromatic carbocycles. The third-order valence-corrected chi connectivity index (χ3v) is 8.30. The summed E-state index contributed by atoms with van der Waals surface area (Å²) in [6, 6.07) is 11.0. The van der Waals surface area contributed by atoms with Gasteiger partial charge in [0, 0.05) is 11.8 Å². The molecule has 1 aliphatic heterocycles. The number of carbonyl (C=O) groups is 1. The molecular formula is C22H22ClN3O4S2. The van der Waals surface area contributed by atoms with Gasteiger partial charge in [0.05, 0.1) is 35.5 Å². The first-order chi connectivity index (χ1) is 15.3. The fourth-order valence-electron chi connectivity index (χ4n) is 3.58. The van der Waals surface area contributed by atoms with Crippen molar-refractivity contribution in [2.24, 2.45) is 0 Å². The minimum Gasteiger partial charge on any atom is -0.467 e. The standard InChI is InChI=1S/C22H22ClN3O4S2/c1-15-5-2-3-6-16(15)13-31-22-24-11-19(23)20(25-22)21(27)26(12-18-7-4-9-30-18)17-8-10-32(28,29)14-17/h2-7,9,11,17H,8,10,12-14H2,1H3. The molecule has 32 heavy (non-hydrogen) atoms. The molecule has 0 aliphatic carbocycles. The number of nitrogens with zero attached hydrogens (tertiary/aromatic N) is 3. The normalized spacial score (nSPS) is 17.4. The smallest absolute Gasteiger partial charge is 0.274 e. The highest BCUT2D eigenvalue weighted by Gasteiger charge is 2.36. The molecule has 2 aromatic heterocycles. The van der Waals surface area contributed by atoms with Gasteiger partial charge in [0.2, 0.25) is 0 Å². The van der Waals surface area contributed by atoms with E-state index in [9.17, 15) is 13.2 Å². The Labute approximate surface area is 196 Å². The van der Waals surface area contributed by atoms with Crippen LogP contribution >= 0.6 is 23.4 Å². The Morgan fingerprint density at radius 2 is 2.09 bits per heavy atom. The van der Waals surface area contributed by atoms with Crippen LogP contribution in [0.1, 0.15) is 33.8 Å². The van der Waals surface area contributed by atoms with E-state index in [0.29, 0.717) is 23.1 Å². The molecule has 0 radical (unpaired) electrons. The first-order valence-electron chi connectivity index (χ1n) is 10.1. The molecule has 1 saturated heterocycles. The van der Waals surface area contributed by atoms with Crippen LogP contribution in [0, 0.1) is 6.92 Å². The van der Waals surface area contributed by atoms with Crippen LogP contribution in [0.3, 0.4) is 0 Å². The molecule has 0 bridgehead atoms. The van der Waals surface area contributed by atoms with Crippen LogP contribution in [0.25, 0.3) is 0 Å². The Morgan fingerprint density at radius 3 is 2.78 bits per heavy atom. The maximum atomic E-state index is 13.5. The van der Waals surface area contributed by atoms with Crippen LogP contribution < -0.4 is 0 Å².